The minimum atomic E-state index is -0.343. The lowest BCUT2D eigenvalue weighted by atomic mass is 10.1. The fourth-order valence-corrected chi connectivity index (χ4v) is 2.50. The molecule has 2 rings (SSSR count). The molecule has 0 radical (unpaired) electrons. The van der Waals surface area contributed by atoms with Crippen LogP contribution in [0, 0.1) is 0 Å². The second-order valence-corrected chi connectivity index (χ2v) is 5.38. The van der Waals surface area contributed by atoms with E-state index in [4.69, 9.17) is 0 Å². The molecule has 2 amide bonds. The Morgan fingerprint density at radius 3 is 2.09 bits per heavy atom. The maximum absolute atomic E-state index is 12.1. The highest BCUT2D eigenvalue weighted by Gasteiger charge is 2.34. The normalized spacial score (nSPS) is 13.2. The minimum Gasteiger partial charge on any atom is -0.469 e. The number of fused-ring (bicyclic) bond motifs is 1. The zero-order valence-corrected chi connectivity index (χ0v) is 13.0. The summed E-state index contributed by atoms with van der Waals surface area (Å²) in [5.41, 5.74) is 0.783. The van der Waals surface area contributed by atoms with Crippen LogP contribution in [0.25, 0.3) is 0 Å². The van der Waals surface area contributed by atoms with Crippen molar-refractivity contribution in [3.8, 4) is 0 Å². The van der Waals surface area contributed by atoms with Crippen molar-refractivity contribution in [3.05, 3.63) is 35.4 Å². The highest BCUT2D eigenvalue weighted by molar-refractivity contribution is 6.21. The Balaban J connectivity index is 1.76. The first-order chi connectivity index (χ1) is 11.0. The third-order valence-electron chi connectivity index (χ3n) is 3.81. The van der Waals surface area contributed by atoms with Crippen molar-refractivity contribution in [2.24, 2.45) is 0 Å². The van der Waals surface area contributed by atoms with Crippen molar-refractivity contribution < 1.29 is 23.9 Å². The van der Waals surface area contributed by atoms with Gasteiger partial charge >= 0.3 is 5.97 Å². The first kappa shape index (κ1) is 16.9. The average Bonchev–Trinajstić information content (AvgIpc) is 2.81. The highest BCUT2D eigenvalue weighted by atomic mass is 16.5. The molecule has 0 unspecified atom stereocenters. The number of imide groups is 1. The van der Waals surface area contributed by atoms with Crippen LogP contribution in [0.4, 0.5) is 0 Å². The minimum absolute atomic E-state index is 0.0218. The molecule has 6 nitrogen and oxygen atoms in total. The molecule has 0 aliphatic carbocycles. The predicted molar refractivity (Wildman–Crippen MR) is 81.9 cm³/mol. The Hall–Kier alpha value is -2.50. The SMILES string of the molecule is COC(=O)CCCCC(=O)CCN1C(=O)c2ccccc2C1=O. The Morgan fingerprint density at radius 2 is 1.52 bits per heavy atom. The lowest BCUT2D eigenvalue weighted by Crippen LogP contribution is -2.31. The molecule has 0 saturated heterocycles. The second kappa shape index (κ2) is 7.67. The largest absolute Gasteiger partial charge is 0.469 e. The molecular formula is C17H19NO5. The Morgan fingerprint density at radius 1 is 0.957 bits per heavy atom. The molecule has 1 aromatic rings. The topological polar surface area (TPSA) is 80.8 Å². The molecule has 1 heterocycles. The monoisotopic (exact) mass is 317 g/mol. The number of hydrogen-bond donors (Lipinski definition) is 0. The van der Waals surface area contributed by atoms with E-state index in [0.29, 0.717) is 36.8 Å². The van der Waals surface area contributed by atoms with Crippen molar-refractivity contribution in [1.29, 1.82) is 0 Å². The Labute approximate surface area is 134 Å². The maximum Gasteiger partial charge on any atom is 0.305 e. The molecule has 0 N–H and O–H groups in total. The molecule has 6 heteroatoms. The summed E-state index contributed by atoms with van der Waals surface area (Å²) in [7, 11) is 1.33. The molecule has 122 valence electrons. The van der Waals surface area contributed by atoms with Gasteiger partial charge in [0.25, 0.3) is 11.8 Å². The number of ketones is 1. The standard InChI is InChI=1S/C17H19NO5/c1-23-15(20)9-5-2-6-12(19)10-11-18-16(21)13-7-3-4-8-14(13)17(18)22/h3-4,7-8H,2,5-6,9-11H2,1H3. The molecule has 0 fully saturated rings. The Bertz CT molecular complexity index is 603. The molecule has 0 aromatic heterocycles. The molecule has 0 bridgehead atoms. The number of hydrogen-bond acceptors (Lipinski definition) is 5. The number of benzene rings is 1. The van der Waals surface area contributed by atoms with Gasteiger partial charge in [-0.3, -0.25) is 24.1 Å². The van der Waals surface area contributed by atoms with E-state index < -0.39 is 0 Å². The van der Waals surface area contributed by atoms with Gasteiger partial charge in [0.15, 0.2) is 0 Å². The van der Waals surface area contributed by atoms with Gasteiger partial charge in [0.1, 0.15) is 5.78 Å². The van der Waals surface area contributed by atoms with Crippen molar-refractivity contribution in [3.63, 3.8) is 0 Å². The second-order valence-electron chi connectivity index (χ2n) is 5.38. The number of amides is 2. The van der Waals surface area contributed by atoms with Crippen molar-refractivity contribution >= 4 is 23.6 Å². The van der Waals surface area contributed by atoms with Crippen LogP contribution >= 0.6 is 0 Å². The van der Waals surface area contributed by atoms with Gasteiger partial charge in [-0.25, -0.2) is 0 Å². The van der Waals surface area contributed by atoms with Crippen LogP contribution in [0.3, 0.4) is 0 Å². The molecule has 1 aliphatic heterocycles. The van der Waals surface area contributed by atoms with E-state index in [2.05, 4.69) is 4.74 Å². The van der Waals surface area contributed by atoms with E-state index in [1.165, 1.54) is 7.11 Å². The molecule has 0 saturated carbocycles. The van der Waals surface area contributed by atoms with Crippen molar-refractivity contribution in [2.45, 2.75) is 32.1 Å². The fourth-order valence-electron chi connectivity index (χ4n) is 2.50. The fraction of sp³-hybridized carbons (Fsp3) is 0.412. The van der Waals surface area contributed by atoms with Gasteiger partial charge in [-0.05, 0) is 25.0 Å². The van der Waals surface area contributed by atoms with Gasteiger partial charge in [-0.1, -0.05) is 12.1 Å². The van der Waals surface area contributed by atoms with E-state index in [1.807, 2.05) is 0 Å². The van der Waals surface area contributed by atoms with Crippen LogP contribution < -0.4 is 0 Å². The lowest BCUT2D eigenvalue weighted by Gasteiger charge is -2.12. The van der Waals surface area contributed by atoms with E-state index in [-0.39, 0.29) is 36.5 Å². The van der Waals surface area contributed by atoms with E-state index in [9.17, 15) is 19.2 Å². The highest BCUT2D eigenvalue weighted by Crippen LogP contribution is 2.22. The van der Waals surface area contributed by atoms with E-state index >= 15 is 0 Å². The smallest absolute Gasteiger partial charge is 0.305 e. The summed E-state index contributed by atoms with van der Waals surface area (Å²) in [6.45, 7) is 0.0994. The molecule has 1 aromatic carbocycles. The van der Waals surface area contributed by atoms with Crippen molar-refractivity contribution in [1.82, 2.24) is 4.90 Å². The van der Waals surface area contributed by atoms with Gasteiger partial charge in [-0.2, -0.15) is 0 Å². The number of ether oxygens (including phenoxy) is 1. The third kappa shape index (κ3) is 4.03. The quantitative estimate of drug-likeness (QED) is 0.416. The molecule has 0 atom stereocenters. The molecule has 0 spiro atoms. The summed E-state index contributed by atoms with van der Waals surface area (Å²) >= 11 is 0. The summed E-state index contributed by atoms with van der Waals surface area (Å²) in [6, 6.07) is 6.65. The maximum atomic E-state index is 12.1. The van der Waals surface area contributed by atoms with Gasteiger partial charge < -0.3 is 4.74 Å². The summed E-state index contributed by atoms with van der Waals surface area (Å²) in [4.78, 5) is 48.2. The van der Waals surface area contributed by atoms with Crippen LogP contribution in [0.1, 0.15) is 52.8 Å². The number of rotatable bonds is 8. The number of methoxy groups -OCH3 is 1. The third-order valence-corrected chi connectivity index (χ3v) is 3.81. The van der Waals surface area contributed by atoms with Gasteiger partial charge in [-0.15, -0.1) is 0 Å². The van der Waals surface area contributed by atoms with Crippen LogP contribution in [-0.4, -0.2) is 42.1 Å². The average molecular weight is 317 g/mol. The predicted octanol–water partition coefficient (Wildman–Crippen LogP) is 1.98. The molecular weight excluding hydrogens is 298 g/mol. The Kier molecular flexibility index (Phi) is 5.62. The summed E-state index contributed by atoms with van der Waals surface area (Å²) in [5, 5.41) is 0. The zero-order chi connectivity index (χ0) is 16.8. The summed E-state index contributed by atoms with van der Waals surface area (Å²) in [6.07, 6.45) is 1.95. The first-order valence-electron chi connectivity index (χ1n) is 7.58. The summed E-state index contributed by atoms with van der Waals surface area (Å²) in [5.74, 6) is -0.997. The number of Topliss-reactive ketones (excluding diaryl/α,β-unsaturated/α-hetero) is 1. The van der Waals surface area contributed by atoms with Gasteiger partial charge in [0, 0.05) is 25.8 Å². The number of carbonyl (C=O) groups is 4. The number of esters is 1. The molecule has 1 aliphatic rings. The first-order valence-corrected chi connectivity index (χ1v) is 7.58. The van der Waals surface area contributed by atoms with E-state index in [0.717, 1.165) is 4.90 Å². The zero-order valence-electron chi connectivity index (χ0n) is 13.0. The van der Waals surface area contributed by atoms with Crippen LogP contribution in [-0.2, 0) is 14.3 Å². The lowest BCUT2D eigenvalue weighted by molar-refractivity contribution is -0.140. The van der Waals surface area contributed by atoms with Crippen LogP contribution in [0.5, 0.6) is 0 Å². The number of carbonyl (C=O) groups excluding carboxylic acids is 4. The molecule has 23 heavy (non-hydrogen) atoms. The van der Waals surface area contributed by atoms with Crippen molar-refractivity contribution in [2.75, 3.05) is 13.7 Å². The number of unbranched alkanes of at least 4 members (excludes halogenated alkanes) is 1. The van der Waals surface area contributed by atoms with E-state index in [1.54, 1.807) is 24.3 Å². The van der Waals surface area contributed by atoms with Crippen LogP contribution in [0.15, 0.2) is 24.3 Å². The summed E-state index contributed by atoms with van der Waals surface area (Å²) < 4.78 is 4.52. The van der Waals surface area contributed by atoms with Gasteiger partial charge in [0.05, 0.1) is 18.2 Å². The number of nitrogens with zero attached hydrogens (tertiary/aromatic N) is 1. The van der Waals surface area contributed by atoms with Gasteiger partial charge in [0.2, 0.25) is 0 Å². The van der Waals surface area contributed by atoms with Crippen LogP contribution in [0.2, 0.25) is 0 Å².